The zero-order valence-corrected chi connectivity index (χ0v) is 15.8. The van der Waals surface area contributed by atoms with Crippen molar-refractivity contribution in [3.05, 3.63) is 0 Å². The lowest BCUT2D eigenvalue weighted by atomic mass is 9.76. The smallest absolute Gasteiger partial charge is 0.222 e. The lowest BCUT2D eigenvalue weighted by molar-refractivity contribution is -0.134. The molecule has 0 spiro atoms. The van der Waals surface area contributed by atoms with Crippen LogP contribution in [0.25, 0.3) is 0 Å². The zero-order chi connectivity index (χ0) is 17.9. The number of hydrogen-bond donors (Lipinski definition) is 0. The van der Waals surface area contributed by atoms with E-state index in [2.05, 4.69) is 0 Å². The van der Waals surface area contributed by atoms with Crippen LogP contribution in [0.15, 0.2) is 0 Å². The van der Waals surface area contributed by atoms with E-state index in [0.717, 1.165) is 12.8 Å². The molecule has 3 rings (SSSR count). The van der Waals surface area contributed by atoms with Crippen molar-refractivity contribution in [1.82, 2.24) is 9.21 Å². The van der Waals surface area contributed by atoms with E-state index in [1.54, 1.807) is 9.21 Å². The second-order valence-corrected chi connectivity index (χ2v) is 9.88. The summed E-state index contributed by atoms with van der Waals surface area (Å²) in [7, 11) is -3.26. The molecule has 3 aliphatic rings. The highest BCUT2D eigenvalue weighted by molar-refractivity contribution is 7.89. The molecule has 2 unspecified atom stereocenters. The van der Waals surface area contributed by atoms with Gasteiger partial charge in [-0.3, -0.25) is 9.59 Å². The van der Waals surface area contributed by atoms with Gasteiger partial charge in [0, 0.05) is 45.4 Å². The second kappa shape index (κ2) is 8.16. The van der Waals surface area contributed by atoms with Crippen LogP contribution in [0.5, 0.6) is 0 Å². The number of nitrogens with zero attached hydrogens (tertiary/aromatic N) is 2. The molecule has 6 nitrogen and oxygen atoms in total. The Labute approximate surface area is 151 Å². The molecular weight excluding hydrogens is 340 g/mol. The molecule has 7 heteroatoms. The molecular formula is C18H30N2O4S. The highest BCUT2D eigenvalue weighted by Gasteiger charge is 2.35. The number of carbonyl (C=O) groups excluding carboxylic acids is 2. The summed E-state index contributed by atoms with van der Waals surface area (Å²) in [5, 5.41) is 0. The summed E-state index contributed by atoms with van der Waals surface area (Å²) in [6, 6.07) is 0. The summed E-state index contributed by atoms with van der Waals surface area (Å²) in [6.45, 7) is 2.29. The van der Waals surface area contributed by atoms with Gasteiger partial charge in [0.25, 0.3) is 0 Å². The molecule has 2 atom stereocenters. The van der Waals surface area contributed by atoms with Crippen LogP contribution in [-0.4, -0.2) is 61.2 Å². The Hall–Kier alpha value is -0.950. The highest BCUT2D eigenvalue weighted by atomic mass is 32.2. The summed E-state index contributed by atoms with van der Waals surface area (Å²) in [6.07, 6.45) is 7.41. The van der Waals surface area contributed by atoms with E-state index in [1.165, 1.54) is 19.3 Å². The standard InChI is InChI=1S/C18H30N2O4S/c21-17-8-10-19(11-9-17)18(22)6-3-13-25(23,24)20-12-7-15-4-1-2-5-16(15)14-20/h15-16H,1-14H2. The van der Waals surface area contributed by atoms with Crippen molar-refractivity contribution in [2.45, 2.75) is 57.8 Å². The van der Waals surface area contributed by atoms with Crippen LogP contribution in [0.3, 0.4) is 0 Å². The van der Waals surface area contributed by atoms with Crippen molar-refractivity contribution >= 4 is 21.7 Å². The second-order valence-electron chi connectivity index (χ2n) is 7.79. The monoisotopic (exact) mass is 370 g/mol. The SMILES string of the molecule is O=C1CCN(C(=O)CCCS(=O)(=O)N2CCC3CCCCC3C2)CC1. The molecule has 2 saturated heterocycles. The summed E-state index contributed by atoms with van der Waals surface area (Å²) >= 11 is 0. The molecule has 1 amide bonds. The van der Waals surface area contributed by atoms with E-state index in [9.17, 15) is 18.0 Å². The maximum absolute atomic E-state index is 12.6. The summed E-state index contributed by atoms with van der Waals surface area (Å²) in [5.74, 6) is 1.49. The number of Topliss-reactive ketones (excluding diaryl/α,β-unsaturated/α-hetero) is 1. The van der Waals surface area contributed by atoms with Gasteiger partial charge in [0.05, 0.1) is 5.75 Å². The number of rotatable bonds is 5. The minimum Gasteiger partial charge on any atom is -0.342 e. The van der Waals surface area contributed by atoms with Gasteiger partial charge < -0.3 is 4.90 Å². The van der Waals surface area contributed by atoms with Crippen molar-refractivity contribution < 1.29 is 18.0 Å². The Bertz CT molecular complexity index is 594. The van der Waals surface area contributed by atoms with Gasteiger partial charge in [-0.1, -0.05) is 19.3 Å². The minimum atomic E-state index is -3.26. The Morgan fingerprint density at radius 1 is 1.00 bits per heavy atom. The lowest BCUT2D eigenvalue weighted by Crippen LogP contribution is -2.45. The van der Waals surface area contributed by atoms with E-state index in [1.807, 2.05) is 0 Å². The highest BCUT2D eigenvalue weighted by Crippen LogP contribution is 2.36. The lowest BCUT2D eigenvalue weighted by Gasteiger charge is -2.40. The first-order valence-electron chi connectivity index (χ1n) is 9.73. The molecule has 1 aliphatic carbocycles. The van der Waals surface area contributed by atoms with E-state index in [4.69, 9.17) is 0 Å². The summed E-state index contributed by atoms with van der Waals surface area (Å²) in [5.41, 5.74) is 0. The summed E-state index contributed by atoms with van der Waals surface area (Å²) in [4.78, 5) is 25.1. The topological polar surface area (TPSA) is 74.8 Å². The maximum atomic E-state index is 12.6. The predicted molar refractivity (Wildman–Crippen MR) is 95.5 cm³/mol. The Morgan fingerprint density at radius 3 is 2.40 bits per heavy atom. The Kier molecular flexibility index (Phi) is 6.15. The maximum Gasteiger partial charge on any atom is 0.222 e. The number of piperidine rings is 2. The number of hydrogen-bond acceptors (Lipinski definition) is 4. The first-order chi connectivity index (χ1) is 12.0. The van der Waals surface area contributed by atoms with E-state index < -0.39 is 10.0 Å². The zero-order valence-electron chi connectivity index (χ0n) is 15.0. The van der Waals surface area contributed by atoms with Gasteiger partial charge in [-0.15, -0.1) is 0 Å². The number of sulfonamides is 1. The van der Waals surface area contributed by atoms with Crippen LogP contribution in [-0.2, 0) is 19.6 Å². The summed E-state index contributed by atoms with van der Waals surface area (Å²) < 4.78 is 26.9. The van der Waals surface area contributed by atoms with Gasteiger partial charge in [0.15, 0.2) is 0 Å². The molecule has 0 aromatic heterocycles. The quantitative estimate of drug-likeness (QED) is 0.740. The number of ketones is 1. The van der Waals surface area contributed by atoms with Gasteiger partial charge in [-0.05, 0) is 31.1 Å². The average Bonchev–Trinajstić information content (AvgIpc) is 2.61. The third-order valence-corrected chi connectivity index (χ3v) is 8.04. The van der Waals surface area contributed by atoms with E-state index in [-0.39, 0.29) is 23.9 Å². The van der Waals surface area contributed by atoms with Crippen molar-refractivity contribution in [3.8, 4) is 0 Å². The van der Waals surface area contributed by atoms with E-state index >= 15 is 0 Å². The van der Waals surface area contributed by atoms with E-state index in [0.29, 0.717) is 57.3 Å². The molecule has 3 fully saturated rings. The van der Waals surface area contributed by atoms with Crippen LogP contribution in [0, 0.1) is 11.8 Å². The van der Waals surface area contributed by atoms with Gasteiger partial charge in [-0.2, -0.15) is 0 Å². The molecule has 2 aliphatic heterocycles. The van der Waals surface area contributed by atoms with Crippen molar-refractivity contribution in [2.24, 2.45) is 11.8 Å². The van der Waals surface area contributed by atoms with Gasteiger partial charge in [0.1, 0.15) is 5.78 Å². The molecule has 25 heavy (non-hydrogen) atoms. The Balaban J connectivity index is 1.44. The fourth-order valence-corrected chi connectivity index (χ4v) is 6.09. The van der Waals surface area contributed by atoms with Crippen LogP contribution in [0.4, 0.5) is 0 Å². The van der Waals surface area contributed by atoms with Crippen LogP contribution < -0.4 is 0 Å². The normalized spacial score (nSPS) is 28.6. The number of amides is 1. The third kappa shape index (κ3) is 4.82. The molecule has 1 saturated carbocycles. The molecule has 0 radical (unpaired) electrons. The molecule has 0 N–H and O–H groups in total. The fraction of sp³-hybridized carbons (Fsp3) is 0.889. The average molecular weight is 371 g/mol. The predicted octanol–water partition coefficient (Wildman–Crippen LogP) is 1.80. The van der Waals surface area contributed by atoms with Gasteiger partial charge in [-0.25, -0.2) is 12.7 Å². The number of likely N-dealkylation sites (tertiary alicyclic amines) is 1. The van der Waals surface area contributed by atoms with Crippen LogP contribution in [0.1, 0.15) is 57.8 Å². The molecule has 2 heterocycles. The minimum absolute atomic E-state index is 0.0197. The first-order valence-corrected chi connectivity index (χ1v) is 11.3. The molecule has 0 aromatic rings. The van der Waals surface area contributed by atoms with Crippen molar-refractivity contribution in [3.63, 3.8) is 0 Å². The third-order valence-electron chi connectivity index (χ3n) is 6.11. The fourth-order valence-electron chi connectivity index (χ4n) is 4.52. The van der Waals surface area contributed by atoms with Crippen molar-refractivity contribution in [2.75, 3.05) is 31.9 Å². The van der Waals surface area contributed by atoms with Crippen LogP contribution in [0.2, 0.25) is 0 Å². The number of carbonyl (C=O) groups is 2. The molecule has 0 bridgehead atoms. The van der Waals surface area contributed by atoms with Gasteiger partial charge in [0.2, 0.25) is 15.9 Å². The molecule has 142 valence electrons. The van der Waals surface area contributed by atoms with Crippen molar-refractivity contribution in [1.29, 1.82) is 0 Å². The first kappa shape index (κ1) is 18.8. The number of fused-ring (bicyclic) bond motifs is 1. The molecule has 0 aromatic carbocycles. The Morgan fingerprint density at radius 2 is 1.68 bits per heavy atom. The largest absolute Gasteiger partial charge is 0.342 e. The van der Waals surface area contributed by atoms with Crippen LogP contribution >= 0.6 is 0 Å². The van der Waals surface area contributed by atoms with Gasteiger partial charge >= 0.3 is 0 Å².